The van der Waals surface area contributed by atoms with Gasteiger partial charge in [0.15, 0.2) is 0 Å². The molecule has 0 radical (unpaired) electrons. The lowest BCUT2D eigenvalue weighted by atomic mass is 9.91. The minimum Gasteiger partial charge on any atom is -0.309 e. The van der Waals surface area contributed by atoms with E-state index in [1.54, 1.807) is 0 Å². The molecule has 2 unspecified atom stereocenters. The minimum atomic E-state index is 0.479. The van der Waals surface area contributed by atoms with Crippen molar-refractivity contribution in [1.82, 2.24) is 5.32 Å². The van der Waals surface area contributed by atoms with Crippen LogP contribution in [0.15, 0.2) is 36.4 Å². The molecular formula is C19H29N. The molecule has 2 atom stereocenters. The average Bonchev–Trinajstić information content (AvgIpc) is 2.49. The highest BCUT2D eigenvalue weighted by atomic mass is 14.9. The van der Waals surface area contributed by atoms with Crippen LogP contribution in [-0.4, -0.2) is 6.54 Å². The summed E-state index contributed by atoms with van der Waals surface area (Å²) in [5.41, 5.74) is 2.86. The number of nitrogens with one attached hydrogen (secondary N) is 1. The Labute approximate surface area is 124 Å². The summed E-state index contributed by atoms with van der Waals surface area (Å²) in [5, 5.41) is 3.81. The molecule has 0 bridgehead atoms. The Bertz CT molecular complexity index is 416. The number of benzene rings is 1. The van der Waals surface area contributed by atoms with Crippen molar-refractivity contribution in [2.24, 2.45) is 11.8 Å². The summed E-state index contributed by atoms with van der Waals surface area (Å²) >= 11 is 0. The van der Waals surface area contributed by atoms with Gasteiger partial charge in [0.2, 0.25) is 0 Å². The van der Waals surface area contributed by atoms with Crippen molar-refractivity contribution in [3.8, 4) is 0 Å². The Hall–Kier alpha value is -1.08. The van der Waals surface area contributed by atoms with Crippen LogP contribution in [0.4, 0.5) is 0 Å². The second kappa shape index (κ2) is 7.64. The third-order valence-corrected chi connectivity index (χ3v) is 4.42. The standard InChI is InChI=1S/C19H29N/c1-4-16-10-12-18(13-11-16)19(15(2)3)20-14-17-8-6-5-7-9-17/h5-6,10-13,15,17,19-20H,4,7-9,14H2,1-3H3. The highest BCUT2D eigenvalue weighted by Crippen LogP contribution is 2.24. The van der Waals surface area contributed by atoms with Crippen molar-refractivity contribution in [3.05, 3.63) is 47.5 Å². The molecule has 0 aliphatic heterocycles. The van der Waals surface area contributed by atoms with Crippen LogP contribution in [0, 0.1) is 11.8 Å². The van der Waals surface area contributed by atoms with Crippen molar-refractivity contribution in [2.75, 3.05) is 6.54 Å². The van der Waals surface area contributed by atoms with Crippen LogP contribution in [-0.2, 0) is 6.42 Å². The Balaban J connectivity index is 1.96. The van der Waals surface area contributed by atoms with Crippen LogP contribution in [0.3, 0.4) is 0 Å². The predicted octanol–water partition coefficient (Wildman–Crippen LogP) is 4.89. The molecule has 0 saturated heterocycles. The SMILES string of the molecule is CCc1ccc(C(NCC2CC=CCC2)C(C)C)cc1. The monoisotopic (exact) mass is 271 g/mol. The van der Waals surface area contributed by atoms with Gasteiger partial charge in [-0.05, 0) is 55.2 Å². The lowest BCUT2D eigenvalue weighted by molar-refractivity contribution is 0.356. The number of hydrogen-bond donors (Lipinski definition) is 1. The normalized spacial score (nSPS) is 20.3. The smallest absolute Gasteiger partial charge is 0.0343 e. The van der Waals surface area contributed by atoms with Gasteiger partial charge in [-0.1, -0.05) is 57.2 Å². The Morgan fingerprint density at radius 2 is 1.90 bits per heavy atom. The van der Waals surface area contributed by atoms with E-state index in [1.807, 2.05) is 0 Å². The minimum absolute atomic E-state index is 0.479. The third kappa shape index (κ3) is 4.21. The Morgan fingerprint density at radius 1 is 1.15 bits per heavy atom. The van der Waals surface area contributed by atoms with E-state index in [9.17, 15) is 0 Å². The summed E-state index contributed by atoms with van der Waals surface area (Å²) in [5.74, 6) is 1.44. The molecule has 1 aliphatic rings. The maximum atomic E-state index is 3.81. The van der Waals surface area contributed by atoms with Gasteiger partial charge in [-0.2, -0.15) is 0 Å². The van der Waals surface area contributed by atoms with Crippen LogP contribution in [0.2, 0.25) is 0 Å². The van der Waals surface area contributed by atoms with Gasteiger partial charge in [-0.3, -0.25) is 0 Å². The van der Waals surface area contributed by atoms with Crippen LogP contribution in [0.25, 0.3) is 0 Å². The lowest BCUT2D eigenvalue weighted by Crippen LogP contribution is -2.31. The summed E-state index contributed by atoms with van der Waals surface area (Å²) in [7, 11) is 0. The van der Waals surface area contributed by atoms with E-state index in [2.05, 4.69) is 62.5 Å². The third-order valence-electron chi connectivity index (χ3n) is 4.42. The summed E-state index contributed by atoms with van der Waals surface area (Å²) in [6, 6.07) is 9.63. The van der Waals surface area contributed by atoms with E-state index in [-0.39, 0.29) is 0 Å². The van der Waals surface area contributed by atoms with Crippen LogP contribution in [0.1, 0.15) is 57.2 Å². The summed E-state index contributed by atoms with van der Waals surface area (Å²) < 4.78 is 0. The molecule has 0 amide bonds. The highest BCUT2D eigenvalue weighted by molar-refractivity contribution is 5.25. The molecule has 1 heteroatoms. The van der Waals surface area contributed by atoms with Gasteiger partial charge < -0.3 is 5.32 Å². The molecule has 0 aromatic heterocycles. The molecule has 110 valence electrons. The maximum absolute atomic E-state index is 3.81. The largest absolute Gasteiger partial charge is 0.309 e. The van der Waals surface area contributed by atoms with E-state index in [1.165, 1.54) is 30.4 Å². The molecule has 20 heavy (non-hydrogen) atoms. The first-order valence-electron chi connectivity index (χ1n) is 8.18. The van der Waals surface area contributed by atoms with Crippen molar-refractivity contribution >= 4 is 0 Å². The fourth-order valence-corrected chi connectivity index (χ4v) is 3.03. The van der Waals surface area contributed by atoms with Gasteiger partial charge in [0.05, 0.1) is 0 Å². The fourth-order valence-electron chi connectivity index (χ4n) is 3.03. The van der Waals surface area contributed by atoms with Crippen LogP contribution >= 0.6 is 0 Å². The van der Waals surface area contributed by atoms with Crippen molar-refractivity contribution in [2.45, 2.75) is 52.5 Å². The number of rotatable bonds is 6. The quantitative estimate of drug-likeness (QED) is 0.726. The zero-order valence-corrected chi connectivity index (χ0v) is 13.2. The molecule has 1 aromatic carbocycles. The molecule has 0 fully saturated rings. The second-order valence-corrected chi connectivity index (χ2v) is 6.38. The summed E-state index contributed by atoms with van der Waals surface area (Å²) in [6.07, 6.45) is 9.62. The zero-order chi connectivity index (χ0) is 14.4. The van der Waals surface area contributed by atoms with E-state index < -0.39 is 0 Å². The molecule has 0 spiro atoms. The first kappa shape index (κ1) is 15.3. The number of hydrogen-bond acceptors (Lipinski definition) is 1. The van der Waals surface area contributed by atoms with Gasteiger partial charge >= 0.3 is 0 Å². The average molecular weight is 271 g/mol. The van der Waals surface area contributed by atoms with E-state index in [4.69, 9.17) is 0 Å². The van der Waals surface area contributed by atoms with Gasteiger partial charge in [0.25, 0.3) is 0 Å². The summed E-state index contributed by atoms with van der Waals surface area (Å²) in [6.45, 7) is 7.98. The molecule has 2 rings (SSSR count). The number of aryl methyl sites for hydroxylation is 1. The molecule has 1 nitrogen and oxygen atoms in total. The maximum Gasteiger partial charge on any atom is 0.0343 e. The Kier molecular flexibility index (Phi) is 5.85. The lowest BCUT2D eigenvalue weighted by Gasteiger charge is -2.27. The number of allylic oxidation sites excluding steroid dienone is 2. The van der Waals surface area contributed by atoms with Crippen molar-refractivity contribution in [3.63, 3.8) is 0 Å². The van der Waals surface area contributed by atoms with Crippen molar-refractivity contribution in [1.29, 1.82) is 0 Å². The molecular weight excluding hydrogens is 242 g/mol. The first-order chi connectivity index (χ1) is 9.70. The molecule has 1 aromatic rings. The van der Waals surface area contributed by atoms with Crippen molar-refractivity contribution < 1.29 is 0 Å². The van der Waals surface area contributed by atoms with E-state index >= 15 is 0 Å². The van der Waals surface area contributed by atoms with Gasteiger partial charge in [0, 0.05) is 6.04 Å². The highest BCUT2D eigenvalue weighted by Gasteiger charge is 2.17. The fraction of sp³-hybridized carbons (Fsp3) is 0.579. The molecule has 0 saturated carbocycles. The second-order valence-electron chi connectivity index (χ2n) is 6.38. The van der Waals surface area contributed by atoms with E-state index in [0.717, 1.165) is 18.9 Å². The van der Waals surface area contributed by atoms with Gasteiger partial charge in [0.1, 0.15) is 0 Å². The predicted molar refractivity (Wildman–Crippen MR) is 87.9 cm³/mol. The van der Waals surface area contributed by atoms with Crippen LogP contribution < -0.4 is 5.32 Å². The Morgan fingerprint density at radius 3 is 2.45 bits per heavy atom. The zero-order valence-electron chi connectivity index (χ0n) is 13.2. The topological polar surface area (TPSA) is 12.0 Å². The molecule has 1 N–H and O–H groups in total. The molecule has 1 aliphatic carbocycles. The summed E-state index contributed by atoms with van der Waals surface area (Å²) in [4.78, 5) is 0. The van der Waals surface area contributed by atoms with E-state index in [0.29, 0.717) is 12.0 Å². The molecule has 0 heterocycles. The van der Waals surface area contributed by atoms with Gasteiger partial charge in [-0.15, -0.1) is 0 Å². The first-order valence-corrected chi connectivity index (χ1v) is 8.18. The van der Waals surface area contributed by atoms with Gasteiger partial charge in [-0.25, -0.2) is 0 Å². The van der Waals surface area contributed by atoms with Crippen LogP contribution in [0.5, 0.6) is 0 Å².